The number of amides is 2. The Morgan fingerprint density at radius 3 is 2.86 bits per heavy atom. The lowest BCUT2D eigenvalue weighted by Crippen LogP contribution is -2.34. The van der Waals surface area contributed by atoms with E-state index in [1.165, 1.54) is 0 Å². The summed E-state index contributed by atoms with van der Waals surface area (Å²) in [6.07, 6.45) is 1.76. The number of nitrogens with zero attached hydrogens (tertiary/aromatic N) is 2. The fourth-order valence-corrected chi connectivity index (χ4v) is 2.99. The summed E-state index contributed by atoms with van der Waals surface area (Å²) in [5.74, 6) is 0.500. The van der Waals surface area contributed by atoms with Crippen molar-refractivity contribution in [3.05, 3.63) is 54.2 Å². The van der Waals surface area contributed by atoms with Gasteiger partial charge in [0.2, 0.25) is 5.89 Å². The van der Waals surface area contributed by atoms with Crippen molar-refractivity contribution in [1.29, 1.82) is 0 Å². The molecule has 2 heterocycles. The first-order chi connectivity index (χ1) is 13.5. The van der Waals surface area contributed by atoms with Crippen molar-refractivity contribution in [1.82, 2.24) is 20.5 Å². The summed E-state index contributed by atoms with van der Waals surface area (Å²) in [5, 5.41) is 12.9. The molecule has 0 aliphatic heterocycles. The molecule has 0 saturated heterocycles. The van der Waals surface area contributed by atoms with Gasteiger partial charge >= 0.3 is 6.03 Å². The Kier molecular flexibility index (Phi) is 4.57. The first-order valence-corrected chi connectivity index (χ1v) is 9.09. The SMILES string of the molecule is Cc1ccc2nc(-c3c[nH]nc3-c3cccc(NC(=O)NC(C)C)c3)oc2c1. The Hall–Kier alpha value is -3.61. The van der Waals surface area contributed by atoms with E-state index in [4.69, 9.17) is 4.42 Å². The Labute approximate surface area is 162 Å². The molecule has 2 aromatic carbocycles. The molecular weight excluding hydrogens is 354 g/mol. The van der Waals surface area contributed by atoms with E-state index in [2.05, 4.69) is 25.8 Å². The lowest BCUT2D eigenvalue weighted by atomic mass is 10.1. The molecule has 3 N–H and O–H groups in total. The standard InChI is InChI=1S/C21H21N5O2/c1-12(2)23-21(27)24-15-6-4-5-14(10-15)19-16(11-22-26-19)20-25-17-8-7-13(3)9-18(17)28-20/h4-12H,1-3H3,(H,22,26)(H2,23,24,27). The van der Waals surface area contributed by atoms with E-state index in [-0.39, 0.29) is 12.1 Å². The first-order valence-electron chi connectivity index (χ1n) is 9.09. The van der Waals surface area contributed by atoms with E-state index in [0.29, 0.717) is 17.3 Å². The van der Waals surface area contributed by atoms with Crippen molar-refractivity contribution < 1.29 is 9.21 Å². The predicted molar refractivity (Wildman–Crippen MR) is 109 cm³/mol. The van der Waals surface area contributed by atoms with Gasteiger partial charge in [0.05, 0.1) is 5.56 Å². The van der Waals surface area contributed by atoms with Crippen LogP contribution in [0.3, 0.4) is 0 Å². The number of carbonyl (C=O) groups excluding carboxylic acids is 1. The average molecular weight is 375 g/mol. The van der Waals surface area contributed by atoms with E-state index < -0.39 is 0 Å². The molecule has 0 fully saturated rings. The number of hydrogen-bond acceptors (Lipinski definition) is 4. The van der Waals surface area contributed by atoms with Gasteiger partial charge in [0.15, 0.2) is 5.58 Å². The summed E-state index contributed by atoms with van der Waals surface area (Å²) in [6.45, 7) is 5.83. The summed E-state index contributed by atoms with van der Waals surface area (Å²) in [7, 11) is 0. The minimum Gasteiger partial charge on any atom is -0.436 e. The minimum atomic E-state index is -0.247. The van der Waals surface area contributed by atoms with Crippen molar-refractivity contribution in [3.8, 4) is 22.7 Å². The van der Waals surface area contributed by atoms with Crippen LogP contribution >= 0.6 is 0 Å². The molecule has 2 aromatic heterocycles. The smallest absolute Gasteiger partial charge is 0.319 e. The van der Waals surface area contributed by atoms with Crippen molar-refractivity contribution in [3.63, 3.8) is 0 Å². The molecule has 0 bridgehead atoms. The number of H-pyrrole nitrogens is 1. The van der Waals surface area contributed by atoms with Crippen LogP contribution in [0.25, 0.3) is 33.8 Å². The van der Waals surface area contributed by atoms with Crippen LogP contribution < -0.4 is 10.6 Å². The molecule has 0 radical (unpaired) electrons. The topological polar surface area (TPSA) is 95.8 Å². The molecule has 4 aromatic rings. The lowest BCUT2D eigenvalue weighted by molar-refractivity contribution is 0.250. The van der Waals surface area contributed by atoms with E-state index in [0.717, 1.165) is 27.8 Å². The summed E-state index contributed by atoms with van der Waals surface area (Å²) < 4.78 is 5.94. The van der Waals surface area contributed by atoms with Gasteiger partial charge < -0.3 is 15.1 Å². The number of carbonyl (C=O) groups is 1. The number of aromatic nitrogens is 3. The van der Waals surface area contributed by atoms with Gasteiger partial charge in [0.25, 0.3) is 0 Å². The Bertz CT molecular complexity index is 1140. The van der Waals surface area contributed by atoms with E-state index >= 15 is 0 Å². The molecule has 7 nitrogen and oxygen atoms in total. The maximum atomic E-state index is 12.0. The number of aromatic amines is 1. The van der Waals surface area contributed by atoms with Crippen LogP contribution in [-0.2, 0) is 0 Å². The fraction of sp³-hybridized carbons (Fsp3) is 0.190. The summed E-state index contributed by atoms with van der Waals surface area (Å²) in [5.41, 5.74) is 5.64. The van der Waals surface area contributed by atoms with E-state index in [1.54, 1.807) is 6.20 Å². The lowest BCUT2D eigenvalue weighted by Gasteiger charge is -2.10. The highest BCUT2D eigenvalue weighted by Gasteiger charge is 2.17. The zero-order chi connectivity index (χ0) is 19.7. The molecule has 7 heteroatoms. The predicted octanol–water partition coefficient (Wildman–Crippen LogP) is 4.72. The molecule has 0 unspecified atom stereocenters. The molecule has 2 amide bonds. The second-order valence-electron chi connectivity index (χ2n) is 6.97. The number of aryl methyl sites for hydroxylation is 1. The quantitative estimate of drug-likeness (QED) is 0.481. The maximum Gasteiger partial charge on any atom is 0.319 e. The third-order valence-corrected chi connectivity index (χ3v) is 4.23. The van der Waals surface area contributed by atoms with Gasteiger partial charge in [-0.25, -0.2) is 9.78 Å². The third-order valence-electron chi connectivity index (χ3n) is 4.23. The Morgan fingerprint density at radius 2 is 2.04 bits per heavy atom. The van der Waals surface area contributed by atoms with Gasteiger partial charge in [0.1, 0.15) is 11.2 Å². The molecular formula is C21H21N5O2. The number of oxazole rings is 1. The normalized spacial score (nSPS) is 11.1. The minimum absolute atomic E-state index is 0.0592. The first kappa shape index (κ1) is 17.8. The molecule has 0 aliphatic rings. The van der Waals surface area contributed by atoms with Gasteiger partial charge in [0, 0.05) is 23.5 Å². The van der Waals surface area contributed by atoms with Gasteiger partial charge in [-0.3, -0.25) is 5.10 Å². The molecule has 4 rings (SSSR count). The van der Waals surface area contributed by atoms with Crippen LogP contribution in [-0.4, -0.2) is 27.3 Å². The van der Waals surface area contributed by atoms with Gasteiger partial charge in [-0.15, -0.1) is 0 Å². The van der Waals surface area contributed by atoms with Crippen molar-refractivity contribution >= 4 is 22.8 Å². The van der Waals surface area contributed by atoms with Crippen molar-refractivity contribution in [2.24, 2.45) is 0 Å². The number of hydrogen-bond donors (Lipinski definition) is 3. The highest BCUT2D eigenvalue weighted by molar-refractivity contribution is 5.91. The monoisotopic (exact) mass is 375 g/mol. The number of urea groups is 1. The molecule has 0 saturated carbocycles. The van der Waals surface area contributed by atoms with Crippen LogP contribution in [0.1, 0.15) is 19.4 Å². The third kappa shape index (κ3) is 3.59. The van der Waals surface area contributed by atoms with Crippen LogP contribution in [0.5, 0.6) is 0 Å². The van der Waals surface area contributed by atoms with Crippen LogP contribution in [0.15, 0.2) is 53.1 Å². The zero-order valence-corrected chi connectivity index (χ0v) is 15.9. The molecule has 0 atom stereocenters. The van der Waals surface area contributed by atoms with Crippen LogP contribution in [0.4, 0.5) is 10.5 Å². The molecule has 28 heavy (non-hydrogen) atoms. The zero-order valence-electron chi connectivity index (χ0n) is 15.9. The second-order valence-corrected chi connectivity index (χ2v) is 6.97. The summed E-state index contributed by atoms with van der Waals surface area (Å²) in [4.78, 5) is 16.5. The fourth-order valence-electron chi connectivity index (χ4n) is 2.99. The van der Waals surface area contributed by atoms with E-state index in [1.807, 2.05) is 63.2 Å². The number of rotatable bonds is 4. The Morgan fingerprint density at radius 1 is 1.18 bits per heavy atom. The molecule has 0 spiro atoms. The Balaban J connectivity index is 1.67. The van der Waals surface area contributed by atoms with Crippen LogP contribution in [0.2, 0.25) is 0 Å². The number of fused-ring (bicyclic) bond motifs is 1. The highest BCUT2D eigenvalue weighted by atomic mass is 16.3. The largest absolute Gasteiger partial charge is 0.436 e. The highest BCUT2D eigenvalue weighted by Crippen LogP contribution is 2.32. The van der Waals surface area contributed by atoms with E-state index in [9.17, 15) is 4.79 Å². The van der Waals surface area contributed by atoms with Crippen molar-refractivity contribution in [2.75, 3.05) is 5.32 Å². The number of benzene rings is 2. The van der Waals surface area contributed by atoms with Gasteiger partial charge in [-0.05, 0) is 50.6 Å². The number of nitrogens with one attached hydrogen (secondary N) is 3. The van der Waals surface area contributed by atoms with Gasteiger partial charge in [-0.2, -0.15) is 5.10 Å². The van der Waals surface area contributed by atoms with Crippen molar-refractivity contribution in [2.45, 2.75) is 26.8 Å². The summed E-state index contributed by atoms with van der Waals surface area (Å²) >= 11 is 0. The second kappa shape index (κ2) is 7.19. The molecule has 0 aliphatic carbocycles. The molecule has 142 valence electrons. The van der Waals surface area contributed by atoms with Gasteiger partial charge in [-0.1, -0.05) is 18.2 Å². The average Bonchev–Trinajstić information content (AvgIpc) is 3.27. The number of anilines is 1. The van der Waals surface area contributed by atoms with Crippen LogP contribution in [0, 0.1) is 6.92 Å². The summed E-state index contributed by atoms with van der Waals surface area (Å²) in [6, 6.07) is 13.2. The maximum absolute atomic E-state index is 12.0.